The zero-order valence-electron chi connectivity index (χ0n) is 14.6. The van der Waals surface area contributed by atoms with Crippen LogP contribution in [-0.4, -0.2) is 23.2 Å². The van der Waals surface area contributed by atoms with E-state index in [9.17, 15) is 9.90 Å². The largest absolute Gasteiger partial charge is 0.507 e. The Labute approximate surface area is 160 Å². The van der Waals surface area contributed by atoms with Gasteiger partial charge in [0.15, 0.2) is 0 Å². The third-order valence-corrected chi connectivity index (χ3v) is 4.80. The summed E-state index contributed by atoms with van der Waals surface area (Å²) in [5.41, 5.74) is 4.90. The van der Waals surface area contributed by atoms with Gasteiger partial charge in [-0.2, -0.15) is 0 Å². The number of benzene rings is 3. The minimum absolute atomic E-state index is 0.180. The second-order valence-corrected chi connectivity index (χ2v) is 6.50. The van der Waals surface area contributed by atoms with E-state index in [0.717, 1.165) is 28.5 Å². The van der Waals surface area contributed by atoms with Crippen molar-refractivity contribution in [3.05, 3.63) is 59.7 Å². The van der Waals surface area contributed by atoms with Gasteiger partial charge in [-0.05, 0) is 60.8 Å². The lowest BCUT2D eigenvalue weighted by Gasteiger charge is -2.11. The van der Waals surface area contributed by atoms with Crippen molar-refractivity contribution in [3.8, 4) is 5.75 Å². The number of rotatable bonds is 7. The Morgan fingerprint density at radius 2 is 1.78 bits per heavy atom. The lowest BCUT2D eigenvalue weighted by Crippen LogP contribution is -2.00. The Morgan fingerprint density at radius 3 is 2.44 bits per heavy atom. The van der Waals surface area contributed by atoms with Crippen LogP contribution in [0.25, 0.3) is 10.8 Å². The summed E-state index contributed by atoms with van der Waals surface area (Å²) < 4.78 is 5.11. The summed E-state index contributed by atoms with van der Waals surface area (Å²) in [7, 11) is 1.83. The van der Waals surface area contributed by atoms with Crippen LogP contribution in [0, 0.1) is 6.92 Å². The molecule has 0 saturated heterocycles. The standard InChI is InChI=1S/C19H18N2O5S/c1-11-17(10-13-9-15(20-2)7-8-16(13)18(11)22)27-26-25-21-14-5-3-12(4-6-14)19(23)24/h3-10,20-22H,1-2H3,(H,23,24). The first-order valence-corrected chi connectivity index (χ1v) is 8.77. The van der Waals surface area contributed by atoms with Gasteiger partial charge in [-0.3, -0.25) is 0 Å². The average molecular weight is 386 g/mol. The normalized spacial score (nSPS) is 10.7. The number of carboxylic acids is 1. The maximum absolute atomic E-state index is 10.8. The van der Waals surface area contributed by atoms with Crippen molar-refractivity contribution >= 4 is 40.2 Å². The highest BCUT2D eigenvalue weighted by atomic mass is 32.2. The number of phenols is 1. The molecule has 0 saturated carbocycles. The summed E-state index contributed by atoms with van der Waals surface area (Å²) in [6.07, 6.45) is 0. The Balaban J connectivity index is 1.66. The van der Waals surface area contributed by atoms with Gasteiger partial charge in [0.25, 0.3) is 0 Å². The number of nitrogens with one attached hydrogen (secondary N) is 2. The van der Waals surface area contributed by atoms with Crippen molar-refractivity contribution in [2.75, 3.05) is 17.8 Å². The van der Waals surface area contributed by atoms with Gasteiger partial charge in [0.1, 0.15) is 5.75 Å². The molecule has 3 aromatic rings. The predicted molar refractivity (Wildman–Crippen MR) is 105 cm³/mol. The van der Waals surface area contributed by atoms with Crippen LogP contribution in [0.5, 0.6) is 5.75 Å². The number of anilines is 2. The highest BCUT2D eigenvalue weighted by Gasteiger charge is 2.11. The summed E-state index contributed by atoms with van der Waals surface area (Å²) >= 11 is 0.958. The van der Waals surface area contributed by atoms with Crippen LogP contribution in [0.1, 0.15) is 15.9 Å². The molecule has 0 bridgehead atoms. The first-order valence-electron chi connectivity index (χ1n) is 8.03. The lowest BCUT2D eigenvalue weighted by atomic mass is 10.1. The molecule has 0 spiro atoms. The van der Waals surface area contributed by atoms with Crippen molar-refractivity contribution in [3.63, 3.8) is 0 Å². The van der Waals surface area contributed by atoms with Gasteiger partial charge in [0.2, 0.25) is 0 Å². The van der Waals surface area contributed by atoms with Gasteiger partial charge in [0.05, 0.1) is 23.3 Å². The van der Waals surface area contributed by atoms with Gasteiger partial charge in [-0.15, -0.1) is 9.32 Å². The van der Waals surface area contributed by atoms with E-state index in [1.807, 2.05) is 31.3 Å². The number of hydrogen-bond donors (Lipinski definition) is 4. The quantitative estimate of drug-likeness (QED) is 0.203. The van der Waals surface area contributed by atoms with Gasteiger partial charge in [-0.25, -0.2) is 10.3 Å². The highest BCUT2D eigenvalue weighted by molar-refractivity contribution is 7.94. The fourth-order valence-electron chi connectivity index (χ4n) is 2.51. The molecule has 0 radical (unpaired) electrons. The molecule has 0 aliphatic carbocycles. The molecule has 3 rings (SSSR count). The molecule has 4 N–H and O–H groups in total. The van der Waals surface area contributed by atoms with Gasteiger partial charge >= 0.3 is 5.97 Å². The number of aromatic hydroxyl groups is 1. The van der Waals surface area contributed by atoms with E-state index < -0.39 is 5.97 Å². The topological polar surface area (TPSA) is 100 Å². The minimum atomic E-state index is -0.998. The molecule has 140 valence electrons. The summed E-state index contributed by atoms with van der Waals surface area (Å²) in [5, 5.41) is 24.0. The van der Waals surface area contributed by atoms with E-state index in [-0.39, 0.29) is 11.3 Å². The van der Waals surface area contributed by atoms with Crippen molar-refractivity contribution in [2.24, 2.45) is 0 Å². The van der Waals surface area contributed by atoms with Crippen LogP contribution >= 0.6 is 12.0 Å². The van der Waals surface area contributed by atoms with E-state index in [1.165, 1.54) is 12.1 Å². The Morgan fingerprint density at radius 1 is 1.07 bits per heavy atom. The van der Waals surface area contributed by atoms with Gasteiger partial charge in [0, 0.05) is 28.6 Å². The zero-order chi connectivity index (χ0) is 19.4. The summed E-state index contributed by atoms with van der Waals surface area (Å²) in [6, 6.07) is 13.6. The van der Waals surface area contributed by atoms with Crippen LogP contribution in [0.4, 0.5) is 11.4 Å². The number of carbonyl (C=O) groups is 1. The van der Waals surface area contributed by atoms with Crippen LogP contribution in [0.2, 0.25) is 0 Å². The number of hydrogen-bond acceptors (Lipinski definition) is 7. The van der Waals surface area contributed by atoms with E-state index in [4.69, 9.17) is 14.4 Å². The van der Waals surface area contributed by atoms with Crippen LogP contribution in [-0.2, 0) is 9.32 Å². The lowest BCUT2D eigenvalue weighted by molar-refractivity contribution is -0.161. The minimum Gasteiger partial charge on any atom is -0.507 e. The Bertz CT molecular complexity index is 976. The van der Waals surface area contributed by atoms with Crippen molar-refractivity contribution in [1.82, 2.24) is 0 Å². The summed E-state index contributed by atoms with van der Waals surface area (Å²) in [4.78, 5) is 16.5. The fourth-order valence-corrected chi connectivity index (χ4v) is 3.05. The molecule has 0 aliphatic rings. The SMILES string of the molecule is CNc1ccc2c(O)c(C)c(SOONc3ccc(C(=O)O)cc3)cc2c1. The molecule has 0 unspecified atom stereocenters. The molecular formula is C19H18N2O5S. The monoisotopic (exact) mass is 386 g/mol. The number of phenolic OH excluding ortho intramolecular Hbond substituents is 1. The molecule has 0 aromatic heterocycles. The Kier molecular flexibility index (Phi) is 5.70. The second kappa shape index (κ2) is 8.17. The predicted octanol–water partition coefficient (Wildman–Crippen LogP) is 4.58. The smallest absolute Gasteiger partial charge is 0.335 e. The molecule has 7 nitrogen and oxygen atoms in total. The van der Waals surface area contributed by atoms with Crippen LogP contribution < -0.4 is 10.8 Å². The maximum Gasteiger partial charge on any atom is 0.335 e. The first-order chi connectivity index (χ1) is 13.0. The van der Waals surface area contributed by atoms with E-state index in [2.05, 4.69) is 10.8 Å². The molecule has 8 heteroatoms. The summed E-state index contributed by atoms with van der Waals surface area (Å²) in [6.45, 7) is 1.80. The third-order valence-electron chi connectivity index (χ3n) is 4.06. The van der Waals surface area contributed by atoms with Crippen molar-refractivity contribution < 1.29 is 24.3 Å². The van der Waals surface area contributed by atoms with Crippen LogP contribution in [0.15, 0.2) is 53.4 Å². The molecule has 0 amide bonds. The molecule has 0 aliphatic heterocycles. The highest BCUT2D eigenvalue weighted by Crippen LogP contribution is 2.37. The number of aromatic carboxylic acids is 1. The third kappa shape index (κ3) is 4.25. The summed E-state index contributed by atoms with van der Waals surface area (Å²) in [5.74, 6) is -0.805. The van der Waals surface area contributed by atoms with Gasteiger partial charge in [-0.1, -0.05) is 0 Å². The number of fused-ring (bicyclic) bond motifs is 1. The van der Waals surface area contributed by atoms with E-state index in [1.54, 1.807) is 19.1 Å². The molecule has 0 fully saturated rings. The maximum atomic E-state index is 10.8. The molecule has 0 heterocycles. The van der Waals surface area contributed by atoms with Crippen molar-refractivity contribution in [2.45, 2.75) is 11.8 Å². The first kappa shape index (κ1) is 18.8. The van der Waals surface area contributed by atoms with Gasteiger partial charge < -0.3 is 15.5 Å². The van der Waals surface area contributed by atoms with Crippen LogP contribution in [0.3, 0.4) is 0 Å². The van der Waals surface area contributed by atoms with E-state index >= 15 is 0 Å². The average Bonchev–Trinajstić information content (AvgIpc) is 2.68. The zero-order valence-corrected chi connectivity index (χ0v) is 15.5. The molecular weight excluding hydrogens is 368 g/mol. The Hall–Kier alpha value is -2.94. The fraction of sp³-hybridized carbons (Fsp3) is 0.105. The number of carboxylic acid groups (broad SMARTS) is 1. The molecule has 0 atom stereocenters. The van der Waals surface area contributed by atoms with Crippen molar-refractivity contribution in [1.29, 1.82) is 0 Å². The second-order valence-electron chi connectivity index (χ2n) is 5.75. The molecule has 27 heavy (non-hydrogen) atoms. The molecule has 3 aromatic carbocycles. The van der Waals surface area contributed by atoms with E-state index in [0.29, 0.717) is 16.1 Å².